The molecule has 3 heterocycles. The normalized spacial score (nSPS) is 26.8. The van der Waals surface area contributed by atoms with Crippen molar-refractivity contribution in [3.63, 3.8) is 0 Å². The van der Waals surface area contributed by atoms with E-state index in [1.807, 2.05) is 35.2 Å². The highest BCUT2D eigenvalue weighted by Gasteiger charge is 2.46. The predicted molar refractivity (Wildman–Crippen MR) is 107 cm³/mol. The first kappa shape index (κ1) is 19.7. The van der Waals surface area contributed by atoms with Crippen LogP contribution in [0.4, 0.5) is 0 Å². The maximum absolute atomic E-state index is 12.5. The Morgan fingerprint density at radius 2 is 2.17 bits per heavy atom. The largest absolute Gasteiger partial charge is 0.485 e. The van der Waals surface area contributed by atoms with Crippen molar-refractivity contribution in [2.75, 3.05) is 19.7 Å². The van der Waals surface area contributed by atoms with Crippen LogP contribution in [0.25, 0.3) is 0 Å². The van der Waals surface area contributed by atoms with Gasteiger partial charge in [0, 0.05) is 31.8 Å². The number of ketones is 1. The lowest BCUT2D eigenvalue weighted by Gasteiger charge is -2.49. The fraction of sp³-hybridized carbons (Fsp3) is 0.455. The topological polar surface area (TPSA) is 71.1 Å². The third-order valence-electron chi connectivity index (χ3n) is 5.81. The molecule has 7 heteroatoms. The second kappa shape index (κ2) is 8.39. The average Bonchev–Trinajstić information content (AvgIpc) is 3.18. The fourth-order valence-corrected chi connectivity index (χ4v) is 4.21. The molecule has 7 nitrogen and oxygen atoms in total. The van der Waals surface area contributed by atoms with Crippen molar-refractivity contribution in [2.45, 2.75) is 44.1 Å². The summed E-state index contributed by atoms with van der Waals surface area (Å²) in [7, 11) is 0. The number of hydrogen-bond acceptors (Lipinski definition) is 6. The summed E-state index contributed by atoms with van der Waals surface area (Å²) in [5, 5.41) is 1.67. The van der Waals surface area contributed by atoms with Crippen molar-refractivity contribution in [1.29, 1.82) is 0 Å². The van der Waals surface area contributed by atoms with E-state index in [1.54, 1.807) is 11.2 Å². The Bertz CT molecular complexity index is 802. The Balaban J connectivity index is 1.31. The summed E-state index contributed by atoms with van der Waals surface area (Å²) in [5.41, 5.74) is 4.19. The number of allylic oxidation sites excluding steroid dienone is 1. The van der Waals surface area contributed by atoms with Gasteiger partial charge in [0.05, 0.1) is 5.60 Å². The summed E-state index contributed by atoms with van der Waals surface area (Å²) in [6, 6.07) is 9.60. The van der Waals surface area contributed by atoms with Crippen LogP contribution in [0.5, 0.6) is 0 Å². The number of nitrogens with zero attached hydrogens (tertiary/aromatic N) is 2. The molecule has 3 fully saturated rings. The van der Waals surface area contributed by atoms with Gasteiger partial charge in [0.1, 0.15) is 19.3 Å². The molecule has 0 bridgehead atoms. The average molecular weight is 397 g/mol. The minimum Gasteiger partial charge on any atom is -0.485 e. The van der Waals surface area contributed by atoms with Crippen molar-refractivity contribution in [1.82, 2.24) is 15.3 Å². The number of hydrazine groups is 1. The fourth-order valence-electron chi connectivity index (χ4n) is 4.21. The van der Waals surface area contributed by atoms with E-state index in [0.717, 1.165) is 37.9 Å². The van der Waals surface area contributed by atoms with Crippen LogP contribution in [0, 0.1) is 0 Å². The molecule has 1 N–H and O–H groups in total. The second-order valence-electron chi connectivity index (χ2n) is 7.83. The molecule has 1 aromatic carbocycles. The number of rotatable bonds is 6. The lowest BCUT2D eigenvalue weighted by molar-refractivity contribution is -0.155. The van der Waals surface area contributed by atoms with E-state index >= 15 is 0 Å². The number of benzene rings is 1. The van der Waals surface area contributed by atoms with Crippen LogP contribution in [-0.2, 0) is 25.7 Å². The zero-order valence-electron chi connectivity index (χ0n) is 16.5. The first-order valence-electron chi connectivity index (χ1n) is 10.1. The van der Waals surface area contributed by atoms with Crippen molar-refractivity contribution < 1.29 is 19.1 Å². The Kier molecular flexibility index (Phi) is 5.69. The summed E-state index contributed by atoms with van der Waals surface area (Å²) in [4.78, 5) is 26.7. The van der Waals surface area contributed by atoms with Gasteiger partial charge in [-0.15, -0.1) is 0 Å². The predicted octanol–water partition coefficient (Wildman–Crippen LogP) is 2.12. The zero-order valence-corrected chi connectivity index (χ0v) is 16.5. The lowest BCUT2D eigenvalue weighted by Crippen LogP contribution is -2.66. The van der Waals surface area contributed by atoms with Crippen LogP contribution in [0.3, 0.4) is 0 Å². The molecule has 4 rings (SSSR count). The lowest BCUT2D eigenvalue weighted by atomic mass is 9.86. The van der Waals surface area contributed by atoms with Gasteiger partial charge in [0.2, 0.25) is 11.7 Å². The summed E-state index contributed by atoms with van der Waals surface area (Å²) in [6.07, 6.45) is 6.64. The van der Waals surface area contributed by atoms with Crippen LogP contribution in [0.2, 0.25) is 0 Å². The minimum atomic E-state index is -0.322. The summed E-state index contributed by atoms with van der Waals surface area (Å²) >= 11 is 0. The van der Waals surface area contributed by atoms with Crippen LogP contribution in [0.15, 0.2) is 54.9 Å². The number of hydrogen-bond donors (Lipinski definition) is 1. The van der Waals surface area contributed by atoms with E-state index in [9.17, 15) is 9.59 Å². The SMILES string of the molecule is C=C(OCc1ccccc1)C(=O)/C=C\N1CC(=O)N2CCC3(CCCO3)C[C@H]2N1. The van der Waals surface area contributed by atoms with Gasteiger partial charge in [0.15, 0.2) is 5.76 Å². The number of piperidine rings is 1. The third-order valence-corrected chi connectivity index (χ3v) is 5.81. The van der Waals surface area contributed by atoms with Crippen molar-refractivity contribution in [3.8, 4) is 0 Å². The molecule has 0 aromatic heterocycles. The Labute approximate surface area is 170 Å². The summed E-state index contributed by atoms with van der Waals surface area (Å²) in [5.74, 6) is -0.194. The van der Waals surface area contributed by atoms with Crippen LogP contribution < -0.4 is 5.43 Å². The van der Waals surface area contributed by atoms with Crippen molar-refractivity contribution >= 4 is 11.7 Å². The molecule has 3 saturated heterocycles. The van der Waals surface area contributed by atoms with Gasteiger partial charge in [-0.1, -0.05) is 36.9 Å². The molecule has 3 aliphatic rings. The Morgan fingerprint density at radius 3 is 2.93 bits per heavy atom. The van der Waals surface area contributed by atoms with Gasteiger partial charge in [0.25, 0.3) is 0 Å². The van der Waals surface area contributed by atoms with E-state index in [0.29, 0.717) is 13.2 Å². The number of carbonyl (C=O) groups excluding carboxylic acids is 2. The molecular weight excluding hydrogens is 370 g/mol. The number of fused-ring (bicyclic) bond motifs is 1. The minimum absolute atomic E-state index is 0.0536. The molecule has 1 unspecified atom stereocenters. The van der Waals surface area contributed by atoms with Crippen LogP contribution >= 0.6 is 0 Å². The van der Waals surface area contributed by atoms with E-state index in [1.165, 1.54) is 6.08 Å². The molecule has 3 aliphatic heterocycles. The Hall–Kier alpha value is -2.64. The van der Waals surface area contributed by atoms with Crippen LogP contribution in [-0.4, -0.2) is 53.1 Å². The van der Waals surface area contributed by atoms with E-state index < -0.39 is 0 Å². The highest BCUT2D eigenvalue weighted by atomic mass is 16.5. The molecular formula is C22H27N3O4. The molecule has 154 valence electrons. The van der Waals surface area contributed by atoms with Gasteiger partial charge in [-0.2, -0.15) is 0 Å². The standard InChI is InChI=1S/C22H27N3O4/c1-17(28-16-18-6-3-2-4-7-18)19(26)8-11-24-15-21(27)25-12-10-22(9-5-13-29-22)14-20(25)23-24/h2-4,6-8,11,20,23H,1,5,9-10,12-16H2/b11-8-/t20-,22?/m0/s1. The molecule has 2 atom stereocenters. The quantitative estimate of drug-likeness (QED) is 0.586. The van der Waals surface area contributed by atoms with Crippen molar-refractivity contribution in [3.05, 3.63) is 60.5 Å². The number of nitrogens with one attached hydrogen (secondary N) is 1. The van der Waals surface area contributed by atoms with Crippen LogP contribution in [0.1, 0.15) is 31.2 Å². The molecule has 0 saturated carbocycles. The first-order chi connectivity index (χ1) is 14.0. The molecule has 1 amide bonds. The van der Waals surface area contributed by atoms with E-state index in [2.05, 4.69) is 12.0 Å². The molecule has 1 aromatic rings. The van der Waals surface area contributed by atoms with E-state index in [-0.39, 0.29) is 35.8 Å². The monoisotopic (exact) mass is 397 g/mol. The van der Waals surface area contributed by atoms with Gasteiger partial charge < -0.3 is 19.4 Å². The first-order valence-corrected chi connectivity index (χ1v) is 10.1. The molecule has 29 heavy (non-hydrogen) atoms. The Morgan fingerprint density at radius 1 is 1.34 bits per heavy atom. The summed E-state index contributed by atoms with van der Waals surface area (Å²) in [6.45, 7) is 5.69. The summed E-state index contributed by atoms with van der Waals surface area (Å²) < 4.78 is 11.5. The van der Waals surface area contributed by atoms with Gasteiger partial charge in [-0.25, -0.2) is 5.43 Å². The highest BCUT2D eigenvalue weighted by molar-refractivity contribution is 6.01. The number of carbonyl (C=O) groups is 2. The third kappa shape index (κ3) is 4.52. The number of amides is 1. The maximum Gasteiger partial charge on any atom is 0.245 e. The zero-order chi connectivity index (χ0) is 20.3. The second-order valence-corrected chi connectivity index (χ2v) is 7.83. The molecule has 0 radical (unpaired) electrons. The van der Waals surface area contributed by atoms with Gasteiger partial charge in [-0.3, -0.25) is 9.59 Å². The molecule has 0 aliphatic carbocycles. The maximum atomic E-state index is 12.5. The van der Waals surface area contributed by atoms with Crippen molar-refractivity contribution in [2.24, 2.45) is 0 Å². The highest BCUT2D eigenvalue weighted by Crippen LogP contribution is 2.38. The van der Waals surface area contributed by atoms with Gasteiger partial charge >= 0.3 is 0 Å². The number of ether oxygens (including phenoxy) is 2. The van der Waals surface area contributed by atoms with Gasteiger partial charge in [-0.05, 0) is 24.8 Å². The van der Waals surface area contributed by atoms with E-state index in [4.69, 9.17) is 9.47 Å². The molecule has 1 spiro atoms. The smallest absolute Gasteiger partial charge is 0.245 e.